The van der Waals surface area contributed by atoms with E-state index in [1.54, 1.807) is 32.2 Å². The first-order chi connectivity index (χ1) is 11.9. The number of anilines is 1. The number of rotatable bonds is 7. The monoisotopic (exact) mass is 352 g/mol. The molecule has 1 saturated heterocycles. The molecule has 0 aliphatic carbocycles. The molecule has 0 radical (unpaired) electrons. The highest BCUT2D eigenvalue weighted by molar-refractivity contribution is 5.90. The summed E-state index contributed by atoms with van der Waals surface area (Å²) in [5.41, 5.74) is -0.353. The van der Waals surface area contributed by atoms with Gasteiger partial charge in [0, 0.05) is 32.0 Å². The van der Waals surface area contributed by atoms with Gasteiger partial charge in [-0.3, -0.25) is 4.79 Å². The van der Waals surface area contributed by atoms with E-state index in [0.29, 0.717) is 43.4 Å². The van der Waals surface area contributed by atoms with Crippen molar-refractivity contribution in [3.63, 3.8) is 0 Å². The fourth-order valence-electron chi connectivity index (χ4n) is 2.61. The molecule has 0 spiro atoms. The summed E-state index contributed by atoms with van der Waals surface area (Å²) in [6.07, 6.45) is 0.434. The van der Waals surface area contributed by atoms with E-state index in [1.807, 2.05) is 0 Å². The van der Waals surface area contributed by atoms with Gasteiger partial charge in [0.1, 0.15) is 6.61 Å². The highest BCUT2D eigenvalue weighted by Gasteiger charge is 2.42. The number of hydrogen-bond acceptors (Lipinski definition) is 5. The first-order valence-electron chi connectivity index (χ1n) is 7.99. The van der Waals surface area contributed by atoms with Crippen molar-refractivity contribution in [2.24, 2.45) is 5.41 Å². The number of hydrogen-bond donors (Lipinski definition) is 2. The van der Waals surface area contributed by atoms with Crippen LogP contribution in [0, 0.1) is 5.41 Å². The number of nitrogens with one attached hydrogen (secondary N) is 1. The van der Waals surface area contributed by atoms with E-state index in [4.69, 9.17) is 14.2 Å². The summed E-state index contributed by atoms with van der Waals surface area (Å²) in [6.45, 7) is 3.02. The van der Waals surface area contributed by atoms with Gasteiger partial charge >= 0.3 is 12.0 Å². The topological polar surface area (TPSA) is 97.3 Å². The maximum atomic E-state index is 12.4. The SMILES string of the molecule is COCCOc1cc(NC(=O)N2CCC(C)(C(=O)O)C2)ccc1OC. The lowest BCUT2D eigenvalue weighted by Crippen LogP contribution is -2.37. The Balaban J connectivity index is 2.03. The molecule has 2 N–H and O–H groups in total. The summed E-state index contributed by atoms with van der Waals surface area (Å²) in [4.78, 5) is 25.2. The molecule has 8 nitrogen and oxygen atoms in total. The Bertz CT molecular complexity index is 636. The molecule has 2 amide bonds. The van der Waals surface area contributed by atoms with Crippen LogP contribution in [0.25, 0.3) is 0 Å². The van der Waals surface area contributed by atoms with Crippen LogP contribution in [-0.4, -0.2) is 62.5 Å². The maximum Gasteiger partial charge on any atom is 0.321 e. The van der Waals surface area contributed by atoms with Crippen molar-refractivity contribution >= 4 is 17.7 Å². The second-order valence-corrected chi connectivity index (χ2v) is 6.17. The number of aliphatic carboxylic acids is 1. The minimum Gasteiger partial charge on any atom is -0.493 e. The zero-order chi connectivity index (χ0) is 18.4. The molecule has 0 bridgehead atoms. The number of benzene rings is 1. The van der Waals surface area contributed by atoms with E-state index >= 15 is 0 Å². The van der Waals surface area contributed by atoms with Gasteiger partial charge in [0.15, 0.2) is 11.5 Å². The van der Waals surface area contributed by atoms with E-state index in [-0.39, 0.29) is 12.6 Å². The smallest absolute Gasteiger partial charge is 0.321 e. The van der Waals surface area contributed by atoms with Gasteiger partial charge in [-0.2, -0.15) is 0 Å². The van der Waals surface area contributed by atoms with E-state index in [1.165, 1.54) is 12.0 Å². The number of carbonyl (C=O) groups is 2. The van der Waals surface area contributed by atoms with Crippen LogP contribution in [0.3, 0.4) is 0 Å². The normalized spacial score (nSPS) is 19.6. The number of carbonyl (C=O) groups excluding carboxylic acids is 1. The molecular formula is C17H24N2O6. The number of carboxylic acid groups (broad SMARTS) is 1. The van der Waals surface area contributed by atoms with E-state index in [0.717, 1.165) is 0 Å². The van der Waals surface area contributed by atoms with Crippen molar-refractivity contribution in [1.29, 1.82) is 0 Å². The Labute approximate surface area is 146 Å². The quantitative estimate of drug-likeness (QED) is 0.729. The molecule has 8 heteroatoms. The van der Waals surface area contributed by atoms with E-state index in [2.05, 4.69) is 5.32 Å². The van der Waals surface area contributed by atoms with Gasteiger partial charge in [-0.1, -0.05) is 0 Å². The Morgan fingerprint density at radius 1 is 1.28 bits per heavy atom. The second kappa shape index (κ2) is 8.06. The van der Waals surface area contributed by atoms with Crippen LogP contribution in [0.2, 0.25) is 0 Å². The first-order valence-corrected chi connectivity index (χ1v) is 7.99. The summed E-state index contributed by atoms with van der Waals surface area (Å²) >= 11 is 0. The number of ether oxygens (including phenoxy) is 3. The van der Waals surface area contributed by atoms with Crippen molar-refractivity contribution in [3.8, 4) is 11.5 Å². The minimum atomic E-state index is -0.897. The minimum absolute atomic E-state index is 0.182. The Morgan fingerprint density at radius 2 is 2.04 bits per heavy atom. The Hall–Kier alpha value is -2.48. The lowest BCUT2D eigenvalue weighted by molar-refractivity contribution is -0.146. The van der Waals surface area contributed by atoms with Crippen LogP contribution in [0.4, 0.5) is 10.5 Å². The summed E-state index contributed by atoms with van der Waals surface area (Å²) in [6, 6.07) is 4.73. The Kier molecular flexibility index (Phi) is 6.08. The van der Waals surface area contributed by atoms with Gasteiger partial charge < -0.3 is 29.5 Å². The van der Waals surface area contributed by atoms with Crippen LogP contribution in [0.15, 0.2) is 18.2 Å². The van der Waals surface area contributed by atoms with Crippen LogP contribution < -0.4 is 14.8 Å². The predicted molar refractivity (Wildman–Crippen MR) is 91.3 cm³/mol. The first kappa shape index (κ1) is 18.9. The number of likely N-dealkylation sites (tertiary alicyclic amines) is 1. The molecule has 1 aliphatic heterocycles. The van der Waals surface area contributed by atoms with Crippen LogP contribution in [0.1, 0.15) is 13.3 Å². The molecule has 138 valence electrons. The third kappa shape index (κ3) is 4.54. The van der Waals surface area contributed by atoms with Crippen molar-refractivity contribution in [1.82, 2.24) is 4.90 Å². The summed E-state index contributed by atoms with van der Waals surface area (Å²) in [7, 11) is 3.12. The number of methoxy groups -OCH3 is 2. The van der Waals surface area contributed by atoms with Gasteiger partial charge in [-0.15, -0.1) is 0 Å². The summed E-state index contributed by atoms with van der Waals surface area (Å²) in [5, 5.41) is 12.0. The van der Waals surface area contributed by atoms with Crippen LogP contribution in [0.5, 0.6) is 11.5 Å². The highest BCUT2D eigenvalue weighted by atomic mass is 16.5. The van der Waals surface area contributed by atoms with Crippen molar-refractivity contribution in [2.45, 2.75) is 13.3 Å². The summed E-state index contributed by atoms with van der Waals surface area (Å²) < 4.78 is 15.8. The third-order valence-electron chi connectivity index (χ3n) is 4.24. The van der Waals surface area contributed by atoms with Crippen molar-refractivity contribution in [2.75, 3.05) is 45.8 Å². The lowest BCUT2D eigenvalue weighted by atomic mass is 9.90. The van der Waals surface area contributed by atoms with Crippen molar-refractivity contribution in [3.05, 3.63) is 18.2 Å². The molecule has 1 unspecified atom stereocenters. The molecule has 2 rings (SSSR count). The molecule has 0 aromatic heterocycles. The lowest BCUT2D eigenvalue weighted by Gasteiger charge is -2.21. The third-order valence-corrected chi connectivity index (χ3v) is 4.24. The summed E-state index contributed by atoms with van der Waals surface area (Å²) in [5.74, 6) is 0.156. The molecule has 0 saturated carbocycles. The van der Waals surface area contributed by atoms with Crippen LogP contribution >= 0.6 is 0 Å². The average Bonchev–Trinajstić information content (AvgIpc) is 2.99. The maximum absolute atomic E-state index is 12.4. The van der Waals surface area contributed by atoms with Crippen LogP contribution in [-0.2, 0) is 9.53 Å². The van der Waals surface area contributed by atoms with E-state index in [9.17, 15) is 14.7 Å². The number of urea groups is 1. The largest absolute Gasteiger partial charge is 0.493 e. The number of nitrogens with zero attached hydrogens (tertiary/aromatic N) is 1. The number of carboxylic acids is 1. The van der Waals surface area contributed by atoms with Gasteiger partial charge in [-0.25, -0.2) is 4.79 Å². The van der Waals surface area contributed by atoms with Gasteiger partial charge in [0.2, 0.25) is 0 Å². The molecule has 1 aromatic carbocycles. The molecule has 1 heterocycles. The Morgan fingerprint density at radius 3 is 2.64 bits per heavy atom. The van der Waals surface area contributed by atoms with Gasteiger partial charge in [0.25, 0.3) is 0 Å². The number of amides is 2. The molecule has 1 aliphatic rings. The van der Waals surface area contributed by atoms with Crippen molar-refractivity contribution < 1.29 is 28.9 Å². The fourth-order valence-corrected chi connectivity index (χ4v) is 2.61. The highest BCUT2D eigenvalue weighted by Crippen LogP contribution is 2.32. The molecule has 1 fully saturated rings. The fraction of sp³-hybridized carbons (Fsp3) is 0.529. The standard InChI is InChI=1S/C17H24N2O6/c1-17(15(20)21)6-7-19(11-17)16(22)18-12-4-5-13(24-3)14(10-12)25-9-8-23-2/h4-5,10H,6-9,11H2,1-3H3,(H,18,22)(H,20,21). The zero-order valence-electron chi connectivity index (χ0n) is 14.7. The second-order valence-electron chi connectivity index (χ2n) is 6.17. The molecular weight excluding hydrogens is 328 g/mol. The van der Waals surface area contributed by atoms with Gasteiger partial charge in [-0.05, 0) is 25.5 Å². The average molecular weight is 352 g/mol. The molecule has 1 atom stereocenters. The van der Waals surface area contributed by atoms with E-state index < -0.39 is 11.4 Å². The molecule has 1 aromatic rings. The molecule has 25 heavy (non-hydrogen) atoms. The van der Waals surface area contributed by atoms with Gasteiger partial charge in [0.05, 0.1) is 19.1 Å². The predicted octanol–water partition coefficient (Wildman–Crippen LogP) is 2.05. The zero-order valence-corrected chi connectivity index (χ0v) is 14.7.